The van der Waals surface area contributed by atoms with Crippen LogP contribution in [0.4, 0.5) is 0 Å². The fourth-order valence-electron chi connectivity index (χ4n) is 3.56. The van der Waals surface area contributed by atoms with Crippen LogP contribution in [0.3, 0.4) is 0 Å². The Bertz CT molecular complexity index is 274. The summed E-state index contributed by atoms with van der Waals surface area (Å²) in [6, 6.07) is 0. The number of rotatable bonds is 8. The van der Waals surface area contributed by atoms with Crippen LogP contribution < -0.4 is 5.32 Å². The van der Waals surface area contributed by atoms with Crippen molar-refractivity contribution >= 4 is 0 Å². The topological polar surface area (TPSA) is 21.3 Å². The first kappa shape index (κ1) is 19.0. The average molecular weight is 298 g/mol. The summed E-state index contributed by atoms with van der Waals surface area (Å²) in [6.07, 6.45) is 10.6. The lowest BCUT2D eigenvalue weighted by molar-refractivity contribution is -0.116. The summed E-state index contributed by atoms with van der Waals surface area (Å²) in [6.45, 7) is 14.6. The van der Waals surface area contributed by atoms with Crippen LogP contribution in [0.15, 0.2) is 0 Å². The molecule has 0 aliphatic heterocycles. The Morgan fingerprint density at radius 1 is 1.14 bits per heavy atom. The van der Waals surface area contributed by atoms with Gasteiger partial charge in [-0.1, -0.05) is 33.1 Å². The van der Waals surface area contributed by atoms with Gasteiger partial charge in [-0.15, -0.1) is 0 Å². The normalized spacial score (nSPS) is 28.6. The average Bonchev–Trinajstić information content (AvgIpc) is 2.39. The Hall–Kier alpha value is -0.0800. The van der Waals surface area contributed by atoms with E-state index in [1.54, 1.807) is 0 Å². The van der Waals surface area contributed by atoms with Crippen molar-refractivity contribution in [2.75, 3.05) is 6.54 Å². The van der Waals surface area contributed by atoms with Gasteiger partial charge in [-0.25, -0.2) is 0 Å². The molecule has 126 valence electrons. The molecule has 0 amide bonds. The summed E-state index contributed by atoms with van der Waals surface area (Å²) >= 11 is 0. The van der Waals surface area contributed by atoms with Crippen LogP contribution in [-0.2, 0) is 4.74 Å². The molecule has 1 unspecified atom stereocenters. The lowest BCUT2D eigenvalue weighted by Gasteiger charge is -2.43. The van der Waals surface area contributed by atoms with Gasteiger partial charge in [0.15, 0.2) is 0 Å². The quantitative estimate of drug-likeness (QED) is 0.655. The Kier molecular flexibility index (Phi) is 7.70. The van der Waals surface area contributed by atoms with Gasteiger partial charge in [0.25, 0.3) is 0 Å². The smallest absolute Gasteiger partial charge is 0.0810 e. The molecule has 0 radical (unpaired) electrons. The number of ether oxygens (including phenoxy) is 1. The molecule has 0 aromatic rings. The van der Waals surface area contributed by atoms with Gasteiger partial charge in [0.2, 0.25) is 0 Å². The van der Waals surface area contributed by atoms with Crippen molar-refractivity contribution in [3.8, 4) is 0 Å². The second-order valence-corrected chi connectivity index (χ2v) is 8.24. The molecule has 0 saturated heterocycles. The summed E-state index contributed by atoms with van der Waals surface area (Å²) in [5.74, 6) is 0.933. The van der Waals surface area contributed by atoms with Crippen LogP contribution in [0.25, 0.3) is 0 Å². The van der Waals surface area contributed by atoms with Crippen molar-refractivity contribution in [2.24, 2.45) is 5.92 Å². The summed E-state index contributed by atoms with van der Waals surface area (Å²) in [5.41, 5.74) is 0.247. The molecule has 21 heavy (non-hydrogen) atoms. The first-order valence-corrected chi connectivity index (χ1v) is 9.23. The molecule has 1 fully saturated rings. The highest BCUT2D eigenvalue weighted by molar-refractivity contribution is 4.92. The van der Waals surface area contributed by atoms with Crippen LogP contribution in [0, 0.1) is 5.92 Å². The minimum Gasteiger partial charge on any atom is -0.371 e. The Morgan fingerprint density at radius 3 is 2.24 bits per heavy atom. The second kappa shape index (κ2) is 8.53. The molecule has 0 bridgehead atoms. The molecule has 1 aliphatic rings. The van der Waals surface area contributed by atoms with Crippen molar-refractivity contribution in [1.29, 1.82) is 0 Å². The van der Waals surface area contributed by atoms with E-state index < -0.39 is 0 Å². The Morgan fingerprint density at radius 2 is 1.76 bits per heavy atom. The molecule has 0 heterocycles. The molecule has 0 aromatic heterocycles. The van der Waals surface area contributed by atoms with E-state index in [9.17, 15) is 0 Å². The molecule has 1 atom stereocenters. The van der Waals surface area contributed by atoms with Crippen LogP contribution in [0.2, 0.25) is 0 Å². The van der Waals surface area contributed by atoms with E-state index in [1.807, 2.05) is 0 Å². The highest BCUT2D eigenvalue weighted by Gasteiger charge is 2.37. The second-order valence-electron chi connectivity index (χ2n) is 8.24. The zero-order valence-electron chi connectivity index (χ0n) is 15.4. The van der Waals surface area contributed by atoms with E-state index in [0.29, 0.717) is 6.10 Å². The highest BCUT2D eigenvalue weighted by Crippen LogP contribution is 2.38. The summed E-state index contributed by atoms with van der Waals surface area (Å²) in [5, 5.41) is 3.70. The molecular weight excluding hydrogens is 258 g/mol. The zero-order valence-corrected chi connectivity index (χ0v) is 15.4. The van der Waals surface area contributed by atoms with E-state index in [-0.39, 0.29) is 11.1 Å². The fraction of sp³-hybridized carbons (Fsp3) is 1.00. The third-order valence-corrected chi connectivity index (χ3v) is 4.80. The van der Waals surface area contributed by atoms with Gasteiger partial charge in [0, 0.05) is 12.1 Å². The van der Waals surface area contributed by atoms with Crippen LogP contribution in [0.1, 0.15) is 92.9 Å². The predicted molar refractivity (Wildman–Crippen MR) is 92.8 cm³/mol. The molecule has 1 rings (SSSR count). The molecule has 0 spiro atoms. The Balaban J connectivity index is 2.62. The fourth-order valence-corrected chi connectivity index (χ4v) is 3.56. The van der Waals surface area contributed by atoms with Crippen molar-refractivity contribution < 1.29 is 4.74 Å². The van der Waals surface area contributed by atoms with Crippen molar-refractivity contribution in [1.82, 2.24) is 5.32 Å². The van der Waals surface area contributed by atoms with E-state index in [4.69, 9.17) is 4.74 Å². The SMILES string of the molecule is CCCC1CCC(CNC(C)(C)C)(OC(C)CCC)CC1. The van der Waals surface area contributed by atoms with Crippen LogP contribution in [0.5, 0.6) is 0 Å². The largest absolute Gasteiger partial charge is 0.371 e. The van der Waals surface area contributed by atoms with Crippen LogP contribution >= 0.6 is 0 Å². The third-order valence-electron chi connectivity index (χ3n) is 4.80. The van der Waals surface area contributed by atoms with E-state index in [2.05, 4.69) is 46.9 Å². The minimum atomic E-state index is 0.0755. The molecule has 2 nitrogen and oxygen atoms in total. The molecule has 0 aromatic carbocycles. The zero-order chi connectivity index (χ0) is 15.9. The third kappa shape index (κ3) is 7.15. The maximum atomic E-state index is 6.58. The van der Waals surface area contributed by atoms with Crippen molar-refractivity contribution in [2.45, 2.75) is 110 Å². The van der Waals surface area contributed by atoms with Crippen molar-refractivity contribution in [3.63, 3.8) is 0 Å². The van der Waals surface area contributed by atoms with Gasteiger partial charge in [-0.3, -0.25) is 0 Å². The van der Waals surface area contributed by atoms with Gasteiger partial charge >= 0.3 is 0 Å². The number of hydrogen-bond acceptors (Lipinski definition) is 2. The van der Waals surface area contributed by atoms with Crippen LogP contribution in [-0.4, -0.2) is 23.8 Å². The van der Waals surface area contributed by atoms with Crippen molar-refractivity contribution in [3.05, 3.63) is 0 Å². The van der Waals surface area contributed by atoms with Gasteiger partial charge < -0.3 is 10.1 Å². The summed E-state index contributed by atoms with van der Waals surface area (Å²) in [4.78, 5) is 0. The van der Waals surface area contributed by atoms with E-state index in [1.165, 1.54) is 51.4 Å². The van der Waals surface area contributed by atoms with E-state index >= 15 is 0 Å². The lowest BCUT2D eigenvalue weighted by Crippen LogP contribution is -2.52. The van der Waals surface area contributed by atoms with Gasteiger partial charge in [-0.05, 0) is 65.7 Å². The minimum absolute atomic E-state index is 0.0755. The first-order valence-electron chi connectivity index (χ1n) is 9.23. The lowest BCUT2D eigenvalue weighted by atomic mass is 9.76. The number of nitrogens with one attached hydrogen (secondary N) is 1. The standard InChI is InChI=1S/C19H39NO/c1-7-9-16(3)21-19(15-20-18(4,5)6)13-11-17(10-8-2)12-14-19/h16-17,20H,7-15H2,1-6H3. The predicted octanol–water partition coefficient (Wildman–Crippen LogP) is 5.31. The summed E-state index contributed by atoms with van der Waals surface area (Å²) < 4.78 is 6.58. The van der Waals surface area contributed by atoms with Gasteiger partial charge in [0.05, 0.1) is 11.7 Å². The molecule has 1 saturated carbocycles. The molecule has 1 N–H and O–H groups in total. The van der Waals surface area contributed by atoms with Gasteiger partial charge in [-0.2, -0.15) is 0 Å². The van der Waals surface area contributed by atoms with Gasteiger partial charge in [0.1, 0.15) is 0 Å². The monoisotopic (exact) mass is 297 g/mol. The highest BCUT2D eigenvalue weighted by atomic mass is 16.5. The first-order chi connectivity index (χ1) is 9.80. The Labute approximate surface area is 133 Å². The summed E-state index contributed by atoms with van der Waals surface area (Å²) in [7, 11) is 0. The maximum absolute atomic E-state index is 6.58. The van der Waals surface area contributed by atoms with E-state index in [0.717, 1.165) is 12.5 Å². The number of hydrogen-bond donors (Lipinski definition) is 1. The molecule has 1 aliphatic carbocycles. The molecular formula is C19H39NO. The maximum Gasteiger partial charge on any atom is 0.0810 e. The molecule has 2 heteroatoms.